The number of halogens is 1. The van der Waals surface area contributed by atoms with Gasteiger partial charge in [0.25, 0.3) is 10.0 Å². The molecule has 3 aromatic carbocycles. The summed E-state index contributed by atoms with van der Waals surface area (Å²) in [5, 5.41) is 0.463. The van der Waals surface area contributed by atoms with Crippen molar-refractivity contribution >= 4 is 37.1 Å². The fourth-order valence-electron chi connectivity index (χ4n) is 4.02. The molecule has 0 atom stereocenters. The molecule has 0 saturated carbocycles. The van der Waals surface area contributed by atoms with Gasteiger partial charge in [-0.3, -0.25) is 4.31 Å². The summed E-state index contributed by atoms with van der Waals surface area (Å²) in [6, 6.07) is 22.5. The highest BCUT2D eigenvalue weighted by molar-refractivity contribution is 7.92. The van der Waals surface area contributed by atoms with Crippen LogP contribution in [0.1, 0.15) is 12.0 Å². The average molecular weight is 549 g/mol. The molecule has 4 rings (SSSR count). The van der Waals surface area contributed by atoms with Crippen LogP contribution in [-0.4, -0.2) is 59.5 Å². The second kappa shape index (κ2) is 11.6. The maximum atomic E-state index is 13.6. The molecule has 0 N–H and O–H groups in total. The second-order valence-corrected chi connectivity index (χ2v) is 13.2. The number of benzene rings is 3. The third-order valence-electron chi connectivity index (χ3n) is 6.05. The maximum Gasteiger partial charge on any atom is 0.264 e. The highest BCUT2D eigenvalue weighted by Crippen LogP contribution is 2.29. The van der Waals surface area contributed by atoms with Gasteiger partial charge in [0.1, 0.15) is 5.75 Å². The Morgan fingerprint density at radius 1 is 0.889 bits per heavy atom. The predicted molar refractivity (Wildman–Crippen MR) is 143 cm³/mol. The van der Waals surface area contributed by atoms with Crippen molar-refractivity contribution in [3.63, 3.8) is 0 Å². The highest BCUT2D eigenvalue weighted by atomic mass is 35.5. The first-order chi connectivity index (χ1) is 17.2. The van der Waals surface area contributed by atoms with Crippen molar-refractivity contribution in [2.75, 3.05) is 42.1 Å². The van der Waals surface area contributed by atoms with Gasteiger partial charge >= 0.3 is 0 Å². The minimum Gasteiger partial charge on any atom is -0.493 e. The molecule has 1 heterocycles. The van der Waals surface area contributed by atoms with Gasteiger partial charge in [-0.15, -0.1) is 0 Å². The molecule has 0 amide bonds. The zero-order valence-electron chi connectivity index (χ0n) is 19.8. The van der Waals surface area contributed by atoms with Gasteiger partial charge in [0.15, 0.2) is 9.84 Å². The van der Waals surface area contributed by atoms with E-state index in [2.05, 4.69) is 4.90 Å². The number of sulfone groups is 1. The van der Waals surface area contributed by atoms with Gasteiger partial charge in [-0.1, -0.05) is 48.0 Å². The van der Waals surface area contributed by atoms with Gasteiger partial charge in [-0.2, -0.15) is 0 Å². The van der Waals surface area contributed by atoms with Gasteiger partial charge in [0.05, 0.1) is 35.2 Å². The molecular weight excluding hydrogens is 520 g/mol. The van der Waals surface area contributed by atoms with E-state index in [4.69, 9.17) is 16.3 Å². The number of rotatable bonds is 10. The lowest BCUT2D eigenvalue weighted by atomic mass is 10.2. The van der Waals surface area contributed by atoms with Gasteiger partial charge in [0, 0.05) is 30.2 Å². The van der Waals surface area contributed by atoms with Crippen LogP contribution in [0.2, 0.25) is 5.02 Å². The molecule has 1 aliphatic rings. The van der Waals surface area contributed by atoms with E-state index in [0.29, 0.717) is 36.2 Å². The van der Waals surface area contributed by atoms with Crippen LogP contribution < -0.4 is 9.04 Å². The molecule has 7 nitrogen and oxygen atoms in total. The van der Waals surface area contributed by atoms with Crippen molar-refractivity contribution in [3.8, 4) is 5.75 Å². The molecule has 0 unspecified atom stereocenters. The van der Waals surface area contributed by atoms with E-state index >= 15 is 0 Å². The van der Waals surface area contributed by atoms with E-state index in [-0.39, 0.29) is 22.9 Å². The molecule has 192 valence electrons. The summed E-state index contributed by atoms with van der Waals surface area (Å²) in [5.74, 6) is 1.02. The molecule has 1 saturated heterocycles. The largest absolute Gasteiger partial charge is 0.493 e. The summed E-state index contributed by atoms with van der Waals surface area (Å²) in [6.07, 6.45) is 0.736. The van der Waals surface area contributed by atoms with Crippen molar-refractivity contribution in [2.24, 2.45) is 0 Å². The highest BCUT2D eigenvalue weighted by Gasteiger charge is 2.26. The first-order valence-electron chi connectivity index (χ1n) is 11.7. The molecule has 10 heteroatoms. The zero-order valence-corrected chi connectivity index (χ0v) is 22.2. The quantitative estimate of drug-likeness (QED) is 0.352. The minimum absolute atomic E-state index is 0.0924. The Hall–Kier alpha value is -2.59. The van der Waals surface area contributed by atoms with E-state index in [1.807, 2.05) is 30.3 Å². The van der Waals surface area contributed by atoms with E-state index in [0.717, 1.165) is 18.5 Å². The Labute approximate surface area is 218 Å². The van der Waals surface area contributed by atoms with Gasteiger partial charge in [-0.25, -0.2) is 16.8 Å². The minimum atomic E-state index is -3.87. The number of sulfonamides is 1. The lowest BCUT2D eigenvalue weighted by Crippen LogP contribution is -2.40. The smallest absolute Gasteiger partial charge is 0.264 e. The molecular formula is C26H29ClN2O5S2. The van der Waals surface area contributed by atoms with E-state index < -0.39 is 19.9 Å². The SMILES string of the molecule is O=S1(=O)CCN(CCCOc2ccccc2CN(c2ccccc2)S(=O)(=O)c2ccc(Cl)cc2)CC1. The van der Waals surface area contributed by atoms with E-state index in [1.165, 1.54) is 16.4 Å². The fraction of sp³-hybridized carbons (Fsp3) is 0.308. The average Bonchev–Trinajstić information content (AvgIpc) is 2.87. The van der Waals surface area contributed by atoms with Crippen molar-refractivity contribution in [1.29, 1.82) is 0 Å². The number of para-hydroxylation sites is 2. The number of anilines is 1. The summed E-state index contributed by atoms with van der Waals surface area (Å²) >= 11 is 5.98. The van der Waals surface area contributed by atoms with E-state index in [9.17, 15) is 16.8 Å². The Morgan fingerprint density at radius 3 is 2.22 bits per heavy atom. The normalized spacial score (nSPS) is 15.9. The first kappa shape index (κ1) is 26.5. The van der Waals surface area contributed by atoms with Crippen LogP contribution in [0.4, 0.5) is 5.69 Å². The number of ether oxygens (including phenoxy) is 1. The summed E-state index contributed by atoms with van der Waals surface area (Å²) in [5.41, 5.74) is 1.28. The van der Waals surface area contributed by atoms with E-state index in [1.54, 1.807) is 36.4 Å². The molecule has 0 bridgehead atoms. The summed E-state index contributed by atoms with van der Waals surface area (Å²) in [4.78, 5) is 2.28. The maximum absolute atomic E-state index is 13.6. The molecule has 3 aromatic rings. The lowest BCUT2D eigenvalue weighted by Gasteiger charge is -2.27. The van der Waals surface area contributed by atoms with Crippen LogP contribution in [0.3, 0.4) is 0 Å². The van der Waals surface area contributed by atoms with Crippen LogP contribution in [0.25, 0.3) is 0 Å². The Morgan fingerprint density at radius 2 is 1.53 bits per heavy atom. The fourth-order valence-corrected chi connectivity index (χ4v) is 6.86. The first-order valence-corrected chi connectivity index (χ1v) is 15.4. The van der Waals surface area contributed by atoms with Crippen molar-refractivity contribution in [1.82, 2.24) is 4.90 Å². The topological polar surface area (TPSA) is 84.0 Å². The lowest BCUT2D eigenvalue weighted by molar-refractivity contribution is 0.245. The second-order valence-electron chi connectivity index (χ2n) is 8.60. The number of nitrogens with zero attached hydrogens (tertiary/aromatic N) is 2. The van der Waals surface area contributed by atoms with Crippen LogP contribution in [0.15, 0.2) is 83.8 Å². The molecule has 1 fully saturated rings. The van der Waals surface area contributed by atoms with Crippen LogP contribution in [0.5, 0.6) is 5.75 Å². The molecule has 0 spiro atoms. The summed E-state index contributed by atoms with van der Waals surface area (Å²) in [7, 11) is -6.77. The zero-order chi connectivity index (χ0) is 25.6. The van der Waals surface area contributed by atoms with Gasteiger partial charge in [0.2, 0.25) is 0 Å². The third-order valence-corrected chi connectivity index (χ3v) is 9.69. The van der Waals surface area contributed by atoms with Crippen molar-refractivity contribution in [3.05, 3.63) is 89.4 Å². The van der Waals surface area contributed by atoms with Crippen molar-refractivity contribution < 1.29 is 21.6 Å². The Balaban J connectivity index is 1.48. The summed E-state index contributed by atoms with van der Waals surface area (Å²) < 4.78 is 57.9. The Bertz CT molecular complexity index is 1350. The van der Waals surface area contributed by atoms with Crippen LogP contribution in [0, 0.1) is 0 Å². The van der Waals surface area contributed by atoms with Crippen LogP contribution in [-0.2, 0) is 26.4 Å². The van der Waals surface area contributed by atoms with Gasteiger partial charge < -0.3 is 9.64 Å². The third kappa shape index (κ3) is 6.79. The molecule has 36 heavy (non-hydrogen) atoms. The molecule has 0 aromatic heterocycles. The number of hydrogen-bond acceptors (Lipinski definition) is 6. The molecule has 0 radical (unpaired) electrons. The Kier molecular flexibility index (Phi) is 8.56. The van der Waals surface area contributed by atoms with Gasteiger partial charge in [-0.05, 0) is 48.9 Å². The van der Waals surface area contributed by atoms with Crippen LogP contribution >= 0.6 is 11.6 Å². The molecule has 1 aliphatic heterocycles. The molecule has 0 aliphatic carbocycles. The predicted octanol–water partition coefficient (Wildman–Crippen LogP) is 4.23. The summed E-state index contributed by atoms with van der Waals surface area (Å²) in [6.45, 7) is 2.38. The van der Waals surface area contributed by atoms with Crippen molar-refractivity contribution in [2.45, 2.75) is 17.9 Å². The number of hydrogen-bond donors (Lipinski definition) is 0. The standard InChI is InChI=1S/C26H29ClN2O5S2/c27-23-11-13-25(14-12-23)36(32,33)29(24-8-2-1-3-9-24)21-22-7-4-5-10-26(22)34-18-6-15-28-16-19-35(30,31)20-17-28/h1-5,7-14H,6,15-21H2. The monoisotopic (exact) mass is 548 g/mol.